The van der Waals surface area contributed by atoms with E-state index >= 15 is 0 Å². The van der Waals surface area contributed by atoms with Crippen molar-refractivity contribution in [1.29, 1.82) is 0 Å². The zero-order valence-electron chi connectivity index (χ0n) is 18.2. The molecule has 1 unspecified atom stereocenters. The number of benzene rings is 2. The lowest BCUT2D eigenvalue weighted by atomic mass is 10.1. The number of aromatic nitrogens is 1. The van der Waals surface area contributed by atoms with Gasteiger partial charge in [-0.15, -0.1) is 36.4 Å². The molecule has 0 fully saturated rings. The Hall–Kier alpha value is -1.17. The number of pyridine rings is 1. The average molecular weight is 507 g/mol. The SMILES string of the molecule is CCN(CCCl)CCCC(C)Nc1c2ccc(Cl)cc2nc2ccc(OC)cc12.Cl.Cl. The molecule has 0 amide bonds. The van der Waals surface area contributed by atoms with E-state index < -0.39 is 0 Å². The van der Waals surface area contributed by atoms with Crippen molar-refractivity contribution in [2.45, 2.75) is 32.7 Å². The van der Waals surface area contributed by atoms with Crippen LogP contribution in [0.15, 0.2) is 36.4 Å². The average Bonchev–Trinajstić information content (AvgIpc) is 2.72. The molecule has 0 spiro atoms. The molecule has 3 rings (SSSR count). The Labute approximate surface area is 207 Å². The van der Waals surface area contributed by atoms with Gasteiger partial charge in [0.05, 0.1) is 23.8 Å². The fourth-order valence-electron chi connectivity index (χ4n) is 3.67. The summed E-state index contributed by atoms with van der Waals surface area (Å²) in [6.07, 6.45) is 2.19. The van der Waals surface area contributed by atoms with E-state index in [1.54, 1.807) is 7.11 Å². The monoisotopic (exact) mass is 505 g/mol. The van der Waals surface area contributed by atoms with E-state index in [2.05, 4.69) is 24.1 Å². The van der Waals surface area contributed by atoms with Gasteiger partial charge in [-0.05, 0) is 69.3 Å². The lowest BCUT2D eigenvalue weighted by Crippen LogP contribution is -2.27. The maximum atomic E-state index is 6.22. The van der Waals surface area contributed by atoms with Crippen molar-refractivity contribution >= 4 is 75.5 Å². The Bertz CT molecular complexity index is 970. The third-order valence-electron chi connectivity index (χ3n) is 5.29. The first-order valence-electron chi connectivity index (χ1n) is 10.2. The van der Waals surface area contributed by atoms with Crippen molar-refractivity contribution in [2.24, 2.45) is 0 Å². The number of rotatable bonds is 10. The normalized spacial score (nSPS) is 11.8. The second-order valence-electron chi connectivity index (χ2n) is 7.34. The van der Waals surface area contributed by atoms with E-state index in [9.17, 15) is 0 Å². The third kappa shape index (κ3) is 7.16. The number of alkyl halides is 1. The van der Waals surface area contributed by atoms with Crippen LogP contribution in [0.2, 0.25) is 5.02 Å². The van der Waals surface area contributed by atoms with Crippen LogP contribution in [-0.4, -0.2) is 48.5 Å². The molecule has 1 N–H and O–H groups in total. The summed E-state index contributed by atoms with van der Waals surface area (Å²) in [6.45, 7) is 7.46. The quantitative estimate of drug-likeness (QED) is 0.236. The Kier molecular flexibility index (Phi) is 12.0. The van der Waals surface area contributed by atoms with Crippen molar-refractivity contribution in [3.8, 4) is 5.75 Å². The van der Waals surface area contributed by atoms with Crippen LogP contribution in [0.5, 0.6) is 5.75 Å². The molecule has 2 aromatic carbocycles. The molecule has 0 aliphatic heterocycles. The van der Waals surface area contributed by atoms with Gasteiger partial charge in [0.1, 0.15) is 5.75 Å². The van der Waals surface area contributed by atoms with Crippen LogP contribution in [0.25, 0.3) is 21.8 Å². The molecule has 0 aliphatic carbocycles. The molecule has 0 saturated carbocycles. The van der Waals surface area contributed by atoms with Crippen LogP contribution >= 0.6 is 48.0 Å². The Morgan fingerprint density at radius 1 is 1.06 bits per heavy atom. The van der Waals surface area contributed by atoms with Gasteiger partial charge < -0.3 is 15.0 Å². The molecule has 1 atom stereocenters. The molecule has 0 aliphatic rings. The first-order valence-corrected chi connectivity index (χ1v) is 11.1. The number of fused-ring (bicyclic) bond motifs is 2. The van der Waals surface area contributed by atoms with Gasteiger partial charge in [0, 0.05) is 34.3 Å². The van der Waals surface area contributed by atoms with Crippen LogP contribution in [0, 0.1) is 0 Å². The highest BCUT2D eigenvalue weighted by atomic mass is 35.5. The van der Waals surface area contributed by atoms with Gasteiger partial charge in [-0.25, -0.2) is 4.98 Å². The summed E-state index contributed by atoms with van der Waals surface area (Å²) in [6, 6.07) is 12.2. The van der Waals surface area contributed by atoms with E-state index in [-0.39, 0.29) is 24.8 Å². The lowest BCUT2D eigenvalue weighted by molar-refractivity contribution is 0.296. The van der Waals surface area contributed by atoms with Gasteiger partial charge >= 0.3 is 0 Å². The van der Waals surface area contributed by atoms with Crippen molar-refractivity contribution in [3.05, 3.63) is 41.4 Å². The van der Waals surface area contributed by atoms with E-state index in [0.29, 0.717) is 16.9 Å². The number of anilines is 1. The predicted octanol–water partition coefficient (Wildman–Crippen LogP) is 7.03. The van der Waals surface area contributed by atoms with Crippen molar-refractivity contribution in [3.63, 3.8) is 0 Å². The first-order chi connectivity index (χ1) is 14.0. The summed E-state index contributed by atoms with van der Waals surface area (Å²) in [5.74, 6) is 1.50. The van der Waals surface area contributed by atoms with Gasteiger partial charge in [-0.1, -0.05) is 18.5 Å². The van der Waals surface area contributed by atoms with Crippen LogP contribution in [-0.2, 0) is 0 Å². The van der Waals surface area contributed by atoms with Crippen molar-refractivity contribution in [2.75, 3.05) is 37.9 Å². The highest BCUT2D eigenvalue weighted by Crippen LogP contribution is 2.34. The summed E-state index contributed by atoms with van der Waals surface area (Å²) >= 11 is 12.1. The molecule has 1 heterocycles. The van der Waals surface area contributed by atoms with Gasteiger partial charge in [-0.3, -0.25) is 0 Å². The van der Waals surface area contributed by atoms with Gasteiger partial charge in [0.2, 0.25) is 0 Å². The molecule has 31 heavy (non-hydrogen) atoms. The van der Waals surface area contributed by atoms with E-state index in [1.165, 1.54) is 0 Å². The zero-order chi connectivity index (χ0) is 20.8. The van der Waals surface area contributed by atoms with E-state index in [1.807, 2.05) is 36.4 Å². The number of methoxy groups -OCH3 is 1. The number of halogens is 4. The highest BCUT2D eigenvalue weighted by molar-refractivity contribution is 6.31. The third-order valence-corrected chi connectivity index (χ3v) is 5.70. The summed E-state index contributed by atoms with van der Waals surface area (Å²) < 4.78 is 5.45. The number of nitrogens with one attached hydrogen (secondary N) is 1. The largest absolute Gasteiger partial charge is 0.497 e. The predicted molar refractivity (Wildman–Crippen MR) is 140 cm³/mol. The summed E-state index contributed by atoms with van der Waals surface area (Å²) in [5.41, 5.74) is 2.90. The van der Waals surface area contributed by atoms with Crippen LogP contribution in [0.3, 0.4) is 0 Å². The maximum absolute atomic E-state index is 6.22. The second kappa shape index (κ2) is 13.4. The summed E-state index contributed by atoms with van der Waals surface area (Å²) in [4.78, 5) is 7.19. The molecule has 8 heteroatoms. The molecule has 4 nitrogen and oxygen atoms in total. The molecule has 0 radical (unpaired) electrons. The van der Waals surface area contributed by atoms with Crippen molar-refractivity contribution in [1.82, 2.24) is 9.88 Å². The molecule has 172 valence electrons. The van der Waals surface area contributed by atoms with E-state index in [0.717, 1.165) is 65.7 Å². The molecule has 0 saturated heterocycles. The number of ether oxygens (including phenoxy) is 1. The summed E-state index contributed by atoms with van der Waals surface area (Å²) in [5, 5.41) is 6.56. The zero-order valence-corrected chi connectivity index (χ0v) is 21.3. The van der Waals surface area contributed by atoms with Crippen LogP contribution < -0.4 is 10.1 Å². The highest BCUT2D eigenvalue weighted by Gasteiger charge is 2.13. The van der Waals surface area contributed by atoms with E-state index in [4.69, 9.17) is 32.9 Å². The number of hydrogen-bond donors (Lipinski definition) is 1. The van der Waals surface area contributed by atoms with Crippen molar-refractivity contribution < 1.29 is 4.74 Å². The van der Waals surface area contributed by atoms with Gasteiger partial charge in [0.25, 0.3) is 0 Å². The standard InChI is InChI=1S/C23H29Cl2N3O.2ClH/c1-4-28(13-11-24)12-5-6-16(2)26-23-19-9-7-17(25)14-22(19)27-21-10-8-18(29-3)15-20(21)23;;/h7-10,14-16H,4-6,11-13H2,1-3H3,(H,26,27);2*1H. The van der Waals surface area contributed by atoms with Crippen LogP contribution in [0.4, 0.5) is 5.69 Å². The molecule has 3 aromatic rings. The molecular formula is C23H31Cl4N3O. The second-order valence-corrected chi connectivity index (χ2v) is 8.16. The summed E-state index contributed by atoms with van der Waals surface area (Å²) in [7, 11) is 1.69. The van der Waals surface area contributed by atoms with Gasteiger partial charge in [-0.2, -0.15) is 0 Å². The first kappa shape index (κ1) is 27.9. The number of nitrogens with zero attached hydrogens (tertiary/aromatic N) is 2. The maximum Gasteiger partial charge on any atom is 0.119 e. The minimum absolute atomic E-state index is 0. The molecule has 0 bridgehead atoms. The Morgan fingerprint density at radius 3 is 2.52 bits per heavy atom. The fourth-order valence-corrected chi connectivity index (χ4v) is 4.07. The Balaban J connectivity index is 0.00000240. The smallest absolute Gasteiger partial charge is 0.119 e. The topological polar surface area (TPSA) is 37.4 Å². The minimum Gasteiger partial charge on any atom is -0.497 e. The Morgan fingerprint density at radius 2 is 1.84 bits per heavy atom. The molecule has 1 aromatic heterocycles. The molecular weight excluding hydrogens is 476 g/mol. The van der Waals surface area contributed by atoms with Crippen LogP contribution in [0.1, 0.15) is 26.7 Å². The minimum atomic E-state index is 0. The number of hydrogen-bond acceptors (Lipinski definition) is 4. The lowest BCUT2D eigenvalue weighted by Gasteiger charge is -2.22. The van der Waals surface area contributed by atoms with Gasteiger partial charge in [0.15, 0.2) is 0 Å². The fraction of sp³-hybridized carbons (Fsp3) is 0.435.